The van der Waals surface area contributed by atoms with Crippen molar-refractivity contribution < 1.29 is 9.53 Å². The zero-order valence-corrected chi connectivity index (χ0v) is 16.8. The highest BCUT2D eigenvalue weighted by atomic mass is 35.5. The van der Waals surface area contributed by atoms with Gasteiger partial charge in [-0.2, -0.15) is 0 Å². The molecule has 4 rings (SSSR count). The van der Waals surface area contributed by atoms with Gasteiger partial charge in [0, 0.05) is 10.6 Å². The highest BCUT2D eigenvalue weighted by Crippen LogP contribution is 2.36. The van der Waals surface area contributed by atoms with Gasteiger partial charge in [-0.05, 0) is 60.5 Å². The molecule has 4 heteroatoms. The molecule has 0 unspecified atom stereocenters. The highest BCUT2D eigenvalue weighted by Gasteiger charge is 2.30. The predicted octanol–water partition coefficient (Wildman–Crippen LogP) is 6.21. The monoisotopic (exact) mass is 401 g/mol. The molecule has 3 aromatic rings. The molecule has 0 radical (unpaired) electrons. The number of nitrogens with zero attached hydrogens (tertiary/aromatic N) is 1. The van der Waals surface area contributed by atoms with Crippen LogP contribution in [0.5, 0.6) is 5.75 Å². The summed E-state index contributed by atoms with van der Waals surface area (Å²) in [7, 11) is 0. The van der Waals surface area contributed by atoms with Crippen molar-refractivity contribution in [1.29, 1.82) is 0 Å². The van der Waals surface area contributed by atoms with Gasteiger partial charge in [-0.15, -0.1) is 0 Å². The number of hydrogen-bond acceptors (Lipinski definition) is 2. The van der Waals surface area contributed by atoms with Gasteiger partial charge in [0.15, 0.2) is 0 Å². The molecule has 144 valence electrons. The Kier molecular flexibility index (Phi) is 5.50. The van der Waals surface area contributed by atoms with Crippen molar-refractivity contribution in [3.8, 4) is 5.75 Å². The van der Waals surface area contributed by atoms with Crippen molar-refractivity contribution in [2.24, 2.45) is 0 Å². The summed E-state index contributed by atoms with van der Waals surface area (Å²) in [5.41, 5.74) is 4.10. The maximum atomic E-state index is 13.3. The van der Waals surface area contributed by atoms with Crippen LogP contribution in [0.25, 0.3) is 11.8 Å². The lowest BCUT2D eigenvalue weighted by atomic mass is 10.1. The lowest BCUT2D eigenvalue weighted by Crippen LogP contribution is -2.24. The van der Waals surface area contributed by atoms with Crippen LogP contribution >= 0.6 is 11.6 Å². The van der Waals surface area contributed by atoms with Gasteiger partial charge in [0.25, 0.3) is 5.91 Å². The number of ether oxygens (including phenoxy) is 1. The first-order valence-corrected chi connectivity index (χ1v) is 9.85. The summed E-state index contributed by atoms with van der Waals surface area (Å²) >= 11 is 6.19. The predicted molar refractivity (Wildman–Crippen MR) is 119 cm³/mol. The molecule has 3 nitrogen and oxygen atoms in total. The number of halogens is 1. The number of hydrogen-bond donors (Lipinski definition) is 0. The van der Waals surface area contributed by atoms with Gasteiger partial charge in [0.05, 0.1) is 18.0 Å². The summed E-state index contributed by atoms with van der Waals surface area (Å²) in [6.45, 7) is 2.57. The molecule has 0 saturated heterocycles. The van der Waals surface area contributed by atoms with Crippen molar-refractivity contribution in [3.63, 3.8) is 0 Å². The van der Waals surface area contributed by atoms with Crippen LogP contribution in [0.2, 0.25) is 5.02 Å². The van der Waals surface area contributed by atoms with Crippen molar-refractivity contribution >= 4 is 35.0 Å². The largest absolute Gasteiger partial charge is 0.494 e. The van der Waals surface area contributed by atoms with Crippen LogP contribution in [0.1, 0.15) is 18.1 Å². The molecule has 0 aromatic heterocycles. The summed E-state index contributed by atoms with van der Waals surface area (Å²) in [6, 6.07) is 24.9. The van der Waals surface area contributed by atoms with Crippen molar-refractivity contribution in [3.05, 3.63) is 107 Å². The number of anilines is 1. The molecule has 29 heavy (non-hydrogen) atoms. The molecular weight excluding hydrogens is 382 g/mol. The van der Waals surface area contributed by atoms with Crippen LogP contribution in [0, 0.1) is 0 Å². The topological polar surface area (TPSA) is 29.5 Å². The fraction of sp³-hybridized carbons (Fsp3) is 0.0800. The number of carbonyl (C=O) groups excluding carboxylic acids is 1. The Morgan fingerprint density at radius 3 is 2.41 bits per heavy atom. The second-order valence-electron chi connectivity index (χ2n) is 6.62. The van der Waals surface area contributed by atoms with Gasteiger partial charge in [0.1, 0.15) is 5.75 Å². The minimum absolute atomic E-state index is 0.0833. The van der Waals surface area contributed by atoms with E-state index in [4.69, 9.17) is 16.3 Å². The molecule has 0 N–H and O–H groups in total. The fourth-order valence-corrected chi connectivity index (χ4v) is 3.50. The van der Waals surface area contributed by atoms with Crippen LogP contribution in [-0.2, 0) is 4.79 Å². The molecule has 0 bridgehead atoms. The molecule has 1 amide bonds. The first-order chi connectivity index (χ1) is 14.2. The molecule has 0 spiro atoms. The summed E-state index contributed by atoms with van der Waals surface area (Å²) in [5, 5.41) is 0.589. The van der Waals surface area contributed by atoms with Gasteiger partial charge < -0.3 is 4.74 Å². The van der Waals surface area contributed by atoms with Crippen molar-refractivity contribution in [1.82, 2.24) is 0 Å². The molecule has 0 saturated carbocycles. The molecule has 0 fully saturated rings. The smallest absolute Gasteiger partial charge is 0.262 e. The molecule has 1 aliphatic heterocycles. The summed E-state index contributed by atoms with van der Waals surface area (Å²) in [6.07, 6.45) is 3.82. The van der Waals surface area contributed by atoms with Gasteiger partial charge in [0.2, 0.25) is 0 Å². The van der Waals surface area contributed by atoms with Crippen molar-refractivity contribution in [2.75, 3.05) is 11.5 Å². The average Bonchev–Trinajstić information content (AvgIpc) is 3.06. The molecule has 3 aromatic carbocycles. The van der Waals surface area contributed by atoms with Crippen molar-refractivity contribution in [2.45, 2.75) is 6.92 Å². The van der Waals surface area contributed by atoms with Gasteiger partial charge in [-0.3, -0.25) is 9.69 Å². The van der Waals surface area contributed by atoms with Crippen LogP contribution in [-0.4, -0.2) is 12.5 Å². The number of amides is 1. The molecule has 1 heterocycles. The van der Waals surface area contributed by atoms with E-state index in [0.29, 0.717) is 17.2 Å². The van der Waals surface area contributed by atoms with Crippen LogP contribution < -0.4 is 9.64 Å². The Labute approximate surface area is 175 Å². The fourth-order valence-electron chi connectivity index (χ4n) is 3.31. The average molecular weight is 402 g/mol. The quantitative estimate of drug-likeness (QED) is 0.475. The van der Waals surface area contributed by atoms with E-state index >= 15 is 0 Å². The van der Waals surface area contributed by atoms with E-state index in [0.717, 1.165) is 28.3 Å². The minimum Gasteiger partial charge on any atom is -0.494 e. The maximum Gasteiger partial charge on any atom is 0.262 e. The van der Waals surface area contributed by atoms with Gasteiger partial charge in [-0.25, -0.2) is 0 Å². The second kappa shape index (κ2) is 8.38. The van der Waals surface area contributed by atoms with E-state index in [1.54, 1.807) is 17.0 Å². The Morgan fingerprint density at radius 2 is 1.72 bits per heavy atom. The molecule has 1 aliphatic rings. The third-order valence-electron chi connectivity index (χ3n) is 4.63. The SMILES string of the molecule is CCOc1ccc(/C=C2\C=C(c3ccccc3)N(c3cccc(Cl)c3)C2=O)cc1. The lowest BCUT2D eigenvalue weighted by molar-refractivity contribution is -0.113. The molecule has 0 atom stereocenters. The third-order valence-corrected chi connectivity index (χ3v) is 4.87. The van der Waals surface area contributed by atoms with E-state index in [2.05, 4.69) is 0 Å². The maximum absolute atomic E-state index is 13.3. The molecular formula is C25H20ClNO2. The Hall–Kier alpha value is -3.30. The molecule has 0 aliphatic carbocycles. The zero-order valence-electron chi connectivity index (χ0n) is 16.0. The summed E-state index contributed by atoms with van der Waals surface area (Å²) < 4.78 is 5.49. The zero-order chi connectivity index (χ0) is 20.2. The Balaban J connectivity index is 1.75. The normalized spacial score (nSPS) is 15.0. The van der Waals surface area contributed by atoms with E-state index < -0.39 is 0 Å². The first kappa shape index (κ1) is 19.0. The third kappa shape index (κ3) is 4.10. The van der Waals surface area contributed by atoms with Gasteiger partial charge >= 0.3 is 0 Å². The minimum atomic E-state index is -0.0833. The summed E-state index contributed by atoms with van der Waals surface area (Å²) in [4.78, 5) is 15.0. The Morgan fingerprint density at radius 1 is 0.966 bits per heavy atom. The first-order valence-electron chi connectivity index (χ1n) is 9.47. The standard InChI is InChI=1S/C25H20ClNO2/c1-2-29-23-13-11-18(12-14-23)15-20-16-24(19-7-4-3-5-8-19)27(25(20)28)22-10-6-9-21(26)17-22/h3-17H,2H2,1H3/b20-15+. The summed E-state index contributed by atoms with van der Waals surface area (Å²) in [5.74, 6) is 0.730. The lowest BCUT2D eigenvalue weighted by Gasteiger charge is -2.21. The number of rotatable bonds is 5. The second-order valence-corrected chi connectivity index (χ2v) is 7.05. The van der Waals surface area contributed by atoms with E-state index in [9.17, 15) is 4.79 Å². The van der Waals surface area contributed by atoms with E-state index in [1.165, 1.54) is 0 Å². The van der Waals surface area contributed by atoms with Gasteiger partial charge in [-0.1, -0.05) is 60.1 Å². The van der Waals surface area contributed by atoms with E-state index in [-0.39, 0.29) is 5.91 Å². The van der Waals surface area contributed by atoms with E-state index in [1.807, 2.05) is 85.8 Å². The number of carbonyl (C=O) groups is 1. The highest BCUT2D eigenvalue weighted by molar-refractivity contribution is 6.31. The number of benzene rings is 3. The van der Waals surface area contributed by atoms with Crippen LogP contribution in [0.3, 0.4) is 0 Å². The van der Waals surface area contributed by atoms with Crippen LogP contribution in [0.15, 0.2) is 90.5 Å². The van der Waals surface area contributed by atoms with Crippen LogP contribution in [0.4, 0.5) is 5.69 Å². The Bertz CT molecular complexity index is 1090.